The Morgan fingerprint density at radius 1 is 0.840 bits per heavy atom. The highest BCUT2D eigenvalue weighted by molar-refractivity contribution is 5.85. The monoisotopic (exact) mass is 352 g/mol. The van der Waals surface area contributed by atoms with Gasteiger partial charge in [0.1, 0.15) is 0 Å². The van der Waals surface area contributed by atoms with Crippen molar-refractivity contribution in [3.63, 3.8) is 0 Å². The minimum atomic E-state index is 0. The Hall–Kier alpha value is -1.87. The zero-order valence-corrected chi connectivity index (χ0v) is 15.2. The summed E-state index contributed by atoms with van der Waals surface area (Å²) in [5, 5.41) is 2.63. The quantitative estimate of drug-likeness (QED) is 0.752. The molecule has 3 aromatic carbocycles. The van der Waals surface area contributed by atoms with Crippen LogP contribution in [0.25, 0.3) is 10.8 Å². The van der Waals surface area contributed by atoms with Gasteiger partial charge in [-0.05, 0) is 40.4 Å². The molecule has 25 heavy (non-hydrogen) atoms. The van der Waals surface area contributed by atoms with E-state index in [1.165, 1.54) is 21.9 Å². The van der Waals surface area contributed by atoms with E-state index >= 15 is 0 Å². The molecule has 1 saturated heterocycles. The van der Waals surface area contributed by atoms with E-state index in [0.29, 0.717) is 11.8 Å². The summed E-state index contributed by atoms with van der Waals surface area (Å²) < 4.78 is 0. The zero-order valence-electron chi connectivity index (χ0n) is 14.3. The zero-order chi connectivity index (χ0) is 16.4. The van der Waals surface area contributed by atoms with Gasteiger partial charge >= 0.3 is 0 Å². The van der Waals surface area contributed by atoms with Gasteiger partial charge in [-0.2, -0.15) is 0 Å². The average molecular weight is 353 g/mol. The first kappa shape index (κ1) is 17.9. The molecular weight excluding hydrogens is 328 g/mol. The third kappa shape index (κ3) is 3.87. The lowest BCUT2D eigenvalue weighted by Gasteiger charge is -2.17. The predicted molar refractivity (Wildman–Crippen MR) is 108 cm³/mol. The first-order valence-electron chi connectivity index (χ1n) is 8.78. The second kappa shape index (κ2) is 8.01. The highest BCUT2D eigenvalue weighted by atomic mass is 35.5. The summed E-state index contributed by atoms with van der Waals surface area (Å²) in [6, 6.07) is 26.2. The summed E-state index contributed by atoms with van der Waals surface area (Å²) in [7, 11) is 0. The molecule has 0 aromatic heterocycles. The van der Waals surface area contributed by atoms with Crippen LogP contribution in [0.15, 0.2) is 72.8 Å². The maximum atomic E-state index is 6.06. The number of benzene rings is 3. The second-order valence-electron chi connectivity index (χ2n) is 6.89. The first-order valence-corrected chi connectivity index (χ1v) is 8.78. The highest BCUT2D eigenvalue weighted by Crippen LogP contribution is 2.33. The molecule has 0 aliphatic carbocycles. The molecule has 0 radical (unpaired) electrons. The molecule has 0 unspecified atom stereocenters. The van der Waals surface area contributed by atoms with Gasteiger partial charge in [-0.1, -0.05) is 66.7 Å². The Balaban J connectivity index is 0.00000182. The number of hydrogen-bond acceptors (Lipinski definition) is 2. The van der Waals surface area contributed by atoms with Crippen LogP contribution < -0.4 is 5.73 Å². The van der Waals surface area contributed by atoms with E-state index in [0.717, 1.165) is 26.2 Å². The number of nitrogens with zero attached hydrogens (tertiary/aromatic N) is 1. The van der Waals surface area contributed by atoms with Crippen molar-refractivity contribution < 1.29 is 0 Å². The van der Waals surface area contributed by atoms with E-state index in [9.17, 15) is 0 Å². The molecule has 4 rings (SSSR count). The number of hydrogen-bond donors (Lipinski definition) is 1. The van der Waals surface area contributed by atoms with Crippen molar-refractivity contribution in [1.82, 2.24) is 4.90 Å². The molecule has 2 nitrogen and oxygen atoms in total. The lowest BCUT2D eigenvalue weighted by molar-refractivity contribution is 0.317. The fraction of sp³-hybridized carbons (Fsp3) is 0.273. The number of rotatable bonds is 4. The third-order valence-electron chi connectivity index (χ3n) is 5.27. The standard InChI is InChI=1S/C22H24N2.ClH/c23-13-21-15-24(16-22(21)19-7-2-1-3-8-19)14-17-10-11-18-6-4-5-9-20(18)12-17;/h1-12,21-22H,13-16,23H2;1H/t21-,22+;/m1./s1. The molecule has 3 aromatic rings. The summed E-state index contributed by atoms with van der Waals surface area (Å²) in [5.74, 6) is 1.10. The normalized spacial score (nSPS) is 20.5. The van der Waals surface area contributed by atoms with Crippen LogP contribution in [-0.2, 0) is 6.54 Å². The van der Waals surface area contributed by atoms with Crippen molar-refractivity contribution in [1.29, 1.82) is 0 Å². The van der Waals surface area contributed by atoms with E-state index in [1.54, 1.807) is 0 Å². The van der Waals surface area contributed by atoms with E-state index in [-0.39, 0.29) is 12.4 Å². The van der Waals surface area contributed by atoms with Gasteiger partial charge in [-0.3, -0.25) is 4.90 Å². The number of halogens is 1. The highest BCUT2D eigenvalue weighted by Gasteiger charge is 2.32. The Labute approximate surface area is 156 Å². The Kier molecular flexibility index (Phi) is 5.74. The molecule has 1 fully saturated rings. The van der Waals surface area contributed by atoms with E-state index < -0.39 is 0 Å². The summed E-state index contributed by atoms with van der Waals surface area (Å²) in [4.78, 5) is 2.55. The molecule has 2 N–H and O–H groups in total. The molecule has 1 aliphatic rings. The van der Waals surface area contributed by atoms with Gasteiger partial charge in [0.25, 0.3) is 0 Å². The van der Waals surface area contributed by atoms with Crippen LogP contribution in [-0.4, -0.2) is 24.5 Å². The van der Waals surface area contributed by atoms with Crippen LogP contribution in [0.4, 0.5) is 0 Å². The van der Waals surface area contributed by atoms with Crippen molar-refractivity contribution in [2.75, 3.05) is 19.6 Å². The summed E-state index contributed by atoms with van der Waals surface area (Å²) in [6.07, 6.45) is 0. The molecule has 0 saturated carbocycles. The molecule has 3 heteroatoms. The lowest BCUT2D eigenvalue weighted by Crippen LogP contribution is -2.23. The minimum Gasteiger partial charge on any atom is -0.330 e. The smallest absolute Gasteiger partial charge is 0.0234 e. The fourth-order valence-electron chi connectivity index (χ4n) is 4.00. The molecule has 0 bridgehead atoms. The fourth-order valence-corrected chi connectivity index (χ4v) is 4.00. The van der Waals surface area contributed by atoms with Crippen molar-refractivity contribution in [2.45, 2.75) is 12.5 Å². The van der Waals surface area contributed by atoms with Crippen molar-refractivity contribution in [3.05, 3.63) is 83.9 Å². The molecule has 0 spiro atoms. The van der Waals surface area contributed by atoms with Crippen LogP contribution in [0.2, 0.25) is 0 Å². The lowest BCUT2D eigenvalue weighted by atomic mass is 9.89. The van der Waals surface area contributed by atoms with Gasteiger partial charge in [-0.25, -0.2) is 0 Å². The van der Waals surface area contributed by atoms with Gasteiger partial charge in [0.05, 0.1) is 0 Å². The SMILES string of the molecule is Cl.NC[C@@H]1CN(Cc2ccc3ccccc3c2)C[C@H]1c1ccccc1. The molecule has 1 heterocycles. The molecular formula is C22H25ClN2. The van der Waals surface area contributed by atoms with Crippen LogP contribution in [0.5, 0.6) is 0 Å². The van der Waals surface area contributed by atoms with Crippen LogP contribution in [0.1, 0.15) is 17.0 Å². The Morgan fingerprint density at radius 3 is 2.32 bits per heavy atom. The Bertz CT molecular complexity index is 818. The first-order chi connectivity index (χ1) is 11.8. The maximum absolute atomic E-state index is 6.06. The van der Waals surface area contributed by atoms with E-state index in [1.807, 2.05) is 0 Å². The van der Waals surface area contributed by atoms with E-state index in [2.05, 4.69) is 77.7 Å². The van der Waals surface area contributed by atoms with Gasteiger partial charge in [0, 0.05) is 25.6 Å². The predicted octanol–water partition coefficient (Wildman–Crippen LogP) is 4.44. The van der Waals surface area contributed by atoms with Crippen molar-refractivity contribution in [3.8, 4) is 0 Å². The van der Waals surface area contributed by atoms with Gasteiger partial charge < -0.3 is 5.73 Å². The molecule has 2 atom stereocenters. The van der Waals surface area contributed by atoms with Crippen LogP contribution in [0, 0.1) is 5.92 Å². The van der Waals surface area contributed by atoms with Crippen LogP contribution in [0.3, 0.4) is 0 Å². The largest absolute Gasteiger partial charge is 0.330 e. The Morgan fingerprint density at radius 2 is 1.56 bits per heavy atom. The molecule has 1 aliphatic heterocycles. The summed E-state index contributed by atoms with van der Waals surface area (Å²) >= 11 is 0. The van der Waals surface area contributed by atoms with Crippen LogP contribution >= 0.6 is 12.4 Å². The molecule has 130 valence electrons. The van der Waals surface area contributed by atoms with E-state index in [4.69, 9.17) is 5.73 Å². The summed E-state index contributed by atoms with van der Waals surface area (Å²) in [6.45, 7) is 3.94. The van der Waals surface area contributed by atoms with Crippen molar-refractivity contribution >= 4 is 23.2 Å². The number of likely N-dealkylation sites (tertiary alicyclic amines) is 1. The topological polar surface area (TPSA) is 29.3 Å². The number of nitrogens with two attached hydrogens (primary N) is 1. The summed E-state index contributed by atoms with van der Waals surface area (Å²) in [5.41, 5.74) is 8.88. The molecule has 0 amide bonds. The van der Waals surface area contributed by atoms with Crippen molar-refractivity contribution in [2.24, 2.45) is 11.7 Å². The minimum absolute atomic E-state index is 0. The van der Waals surface area contributed by atoms with Gasteiger partial charge in [-0.15, -0.1) is 12.4 Å². The van der Waals surface area contributed by atoms with Gasteiger partial charge in [0.2, 0.25) is 0 Å². The number of fused-ring (bicyclic) bond motifs is 1. The van der Waals surface area contributed by atoms with Gasteiger partial charge in [0.15, 0.2) is 0 Å². The average Bonchev–Trinajstić information content (AvgIpc) is 3.05. The second-order valence-corrected chi connectivity index (χ2v) is 6.89. The third-order valence-corrected chi connectivity index (χ3v) is 5.27. The maximum Gasteiger partial charge on any atom is 0.0234 e.